The van der Waals surface area contributed by atoms with Crippen LogP contribution in [0.1, 0.15) is 19.3 Å². The highest BCUT2D eigenvalue weighted by Gasteiger charge is 2.22. The minimum atomic E-state index is 0.380. The number of imidazole rings is 1. The van der Waals surface area contributed by atoms with Crippen molar-refractivity contribution in [1.82, 2.24) is 29.4 Å². The van der Waals surface area contributed by atoms with Crippen LogP contribution in [0.25, 0.3) is 11.5 Å². The zero-order valence-corrected chi connectivity index (χ0v) is 17.6. The van der Waals surface area contributed by atoms with E-state index in [0.29, 0.717) is 22.6 Å². The first-order chi connectivity index (χ1) is 13.6. The second-order valence-corrected chi connectivity index (χ2v) is 8.58. The van der Waals surface area contributed by atoms with Crippen LogP contribution in [-0.2, 0) is 11.3 Å². The number of halogens is 1. The van der Waals surface area contributed by atoms with E-state index in [1.54, 1.807) is 12.5 Å². The maximum absolute atomic E-state index is 10.9. The Balaban J connectivity index is 1.50. The number of hydrogen-bond acceptors (Lipinski definition) is 7. The van der Waals surface area contributed by atoms with E-state index in [9.17, 15) is 4.79 Å². The molecule has 1 amide bonds. The fourth-order valence-corrected chi connectivity index (χ4v) is 4.56. The first kappa shape index (κ1) is 19.1. The number of carbonyl (C=O) groups excluding carboxylic acids is 1. The second kappa shape index (κ2) is 8.44. The molecule has 0 spiro atoms. The van der Waals surface area contributed by atoms with Gasteiger partial charge in [-0.3, -0.25) is 4.79 Å². The summed E-state index contributed by atoms with van der Waals surface area (Å²) < 4.78 is 2.91. The Kier molecular flexibility index (Phi) is 5.77. The van der Waals surface area contributed by atoms with Crippen molar-refractivity contribution in [2.24, 2.45) is 5.92 Å². The van der Waals surface area contributed by atoms with Gasteiger partial charge in [0.1, 0.15) is 5.03 Å². The highest BCUT2D eigenvalue weighted by atomic mass is 79.9. The lowest BCUT2D eigenvalue weighted by Crippen LogP contribution is -2.32. The molecule has 0 aliphatic carbocycles. The monoisotopic (exact) mass is 461 g/mol. The SMILES string of the molecule is Nc1ncn(CCC2CCN(C=O)CC2)c2nc(Sc3ncccc3Br)nc1-2. The van der Waals surface area contributed by atoms with E-state index < -0.39 is 0 Å². The molecule has 1 saturated heterocycles. The molecule has 3 aliphatic rings. The Morgan fingerprint density at radius 3 is 2.86 bits per heavy atom. The zero-order valence-electron chi connectivity index (χ0n) is 15.2. The minimum Gasteiger partial charge on any atom is -0.382 e. The molecule has 8 nitrogen and oxygen atoms in total. The zero-order chi connectivity index (χ0) is 19.5. The number of anilines is 1. The third kappa shape index (κ3) is 4.12. The summed E-state index contributed by atoms with van der Waals surface area (Å²) in [4.78, 5) is 30.6. The lowest BCUT2D eigenvalue weighted by molar-refractivity contribution is -0.119. The topological polar surface area (TPSA) is 103 Å². The fourth-order valence-electron chi connectivity index (χ4n) is 3.34. The van der Waals surface area contributed by atoms with Gasteiger partial charge in [0.25, 0.3) is 0 Å². The number of fused-ring (bicyclic) bond motifs is 1. The molecule has 3 aliphatic heterocycles. The molecule has 0 saturated carbocycles. The van der Waals surface area contributed by atoms with E-state index in [-0.39, 0.29) is 0 Å². The highest BCUT2D eigenvalue weighted by Crippen LogP contribution is 2.34. The molecule has 1 fully saturated rings. The smallest absolute Gasteiger partial charge is 0.209 e. The summed E-state index contributed by atoms with van der Waals surface area (Å²) in [6.07, 6.45) is 7.49. The van der Waals surface area contributed by atoms with Crippen molar-refractivity contribution in [1.29, 1.82) is 0 Å². The highest BCUT2D eigenvalue weighted by molar-refractivity contribution is 9.10. The van der Waals surface area contributed by atoms with Gasteiger partial charge in [-0.25, -0.2) is 19.9 Å². The largest absolute Gasteiger partial charge is 0.382 e. The molecule has 0 bridgehead atoms. The predicted molar refractivity (Wildman–Crippen MR) is 110 cm³/mol. The molecule has 4 rings (SSSR count). The summed E-state index contributed by atoms with van der Waals surface area (Å²) in [6.45, 7) is 2.47. The van der Waals surface area contributed by atoms with Crippen molar-refractivity contribution in [3.63, 3.8) is 0 Å². The van der Waals surface area contributed by atoms with Gasteiger partial charge in [0.2, 0.25) is 6.41 Å². The number of aromatic nitrogens is 5. The second-order valence-electron chi connectivity index (χ2n) is 6.77. The lowest BCUT2D eigenvalue weighted by atomic mass is 9.94. The van der Waals surface area contributed by atoms with Crippen molar-refractivity contribution in [2.75, 3.05) is 18.8 Å². The molecule has 0 radical (unpaired) electrons. The Morgan fingerprint density at radius 1 is 1.29 bits per heavy atom. The van der Waals surface area contributed by atoms with Gasteiger partial charge >= 0.3 is 0 Å². The number of amides is 1. The van der Waals surface area contributed by atoms with Crippen LogP contribution in [0.5, 0.6) is 0 Å². The number of carbonyl (C=O) groups is 1. The maximum atomic E-state index is 10.9. The number of nitrogens with two attached hydrogens (primary N) is 1. The lowest BCUT2D eigenvalue weighted by Gasteiger charge is -2.29. The van der Waals surface area contributed by atoms with Crippen LogP contribution < -0.4 is 5.73 Å². The van der Waals surface area contributed by atoms with Crippen LogP contribution in [0.4, 0.5) is 5.82 Å². The third-order valence-electron chi connectivity index (χ3n) is 4.96. The third-order valence-corrected chi connectivity index (χ3v) is 6.75. The standard InChI is InChI=1S/C18H20BrN7OS/c19-13-2-1-6-21-17(13)28-18-23-14-15(20)22-10-26(16(14)24-18)9-5-12-3-7-25(11-27)8-4-12/h1-2,6,10-12H,3-5,7-9,20H2. The molecule has 10 heteroatoms. The molecule has 2 N–H and O–H groups in total. The minimum absolute atomic E-state index is 0.380. The molecule has 4 heterocycles. The predicted octanol–water partition coefficient (Wildman–Crippen LogP) is 2.93. The van der Waals surface area contributed by atoms with E-state index >= 15 is 0 Å². The number of pyridine rings is 1. The van der Waals surface area contributed by atoms with E-state index in [0.717, 1.165) is 60.6 Å². The van der Waals surface area contributed by atoms with Crippen molar-refractivity contribution in [2.45, 2.75) is 36.0 Å². The number of rotatable bonds is 6. The first-order valence-corrected chi connectivity index (χ1v) is 10.7. The van der Waals surface area contributed by atoms with Gasteiger partial charge in [0.05, 0.1) is 10.8 Å². The van der Waals surface area contributed by atoms with E-state index in [4.69, 9.17) is 5.73 Å². The number of aryl methyl sites for hydroxylation is 1. The molecule has 28 heavy (non-hydrogen) atoms. The van der Waals surface area contributed by atoms with Gasteiger partial charge < -0.3 is 15.2 Å². The summed E-state index contributed by atoms with van der Waals surface area (Å²) >= 11 is 4.89. The van der Waals surface area contributed by atoms with Crippen LogP contribution in [-0.4, -0.2) is 48.9 Å². The van der Waals surface area contributed by atoms with E-state index in [1.807, 2.05) is 21.6 Å². The average molecular weight is 462 g/mol. The summed E-state index contributed by atoms with van der Waals surface area (Å²) in [6, 6.07) is 3.80. The van der Waals surface area contributed by atoms with E-state index in [1.165, 1.54) is 11.8 Å². The fraction of sp³-hybridized carbons (Fsp3) is 0.389. The number of piperidine rings is 1. The Hall–Kier alpha value is -2.20. The maximum Gasteiger partial charge on any atom is 0.209 e. The van der Waals surface area contributed by atoms with Crippen LogP contribution in [0.15, 0.2) is 39.3 Å². The van der Waals surface area contributed by atoms with Gasteiger partial charge in [0, 0.05) is 25.8 Å². The van der Waals surface area contributed by atoms with Gasteiger partial charge in [-0.05, 0) is 65.0 Å². The quantitative estimate of drug-likeness (QED) is 0.562. The summed E-state index contributed by atoms with van der Waals surface area (Å²) in [5.74, 6) is 1.72. The first-order valence-electron chi connectivity index (χ1n) is 9.10. The Labute approximate surface area is 175 Å². The Morgan fingerprint density at radius 2 is 2.11 bits per heavy atom. The molecular formula is C18H20BrN7OS. The molecule has 0 aromatic carbocycles. The van der Waals surface area contributed by atoms with Gasteiger partial charge in [-0.15, -0.1) is 0 Å². The van der Waals surface area contributed by atoms with Crippen molar-refractivity contribution in [3.8, 4) is 11.5 Å². The Bertz CT molecular complexity index is 942. The van der Waals surface area contributed by atoms with Crippen LogP contribution in [0, 0.1) is 5.92 Å². The number of hydrogen-bond donors (Lipinski definition) is 1. The van der Waals surface area contributed by atoms with Crippen LogP contribution in [0.2, 0.25) is 0 Å². The molecular weight excluding hydrogens is 442 g/mol. The molecule has 0 unspecified atom stereocenters. The van der Waals surface area contributed by atoms with Crippen LogP contribution >= 0.6 is 27.7 Å². The van der Waals surface area contributed by atoms with Crippen LogP contribution in [0.3, 0.4) is 0 Å². The summed E-state index contributed by atoms with van der Waals surface area (Å²) in [7, 11) is 0. The number of nitrogen functional groups attached to an aromatic ring is 1. The van der Waals surface area contributed by atoms with E-state index in [2.05, 4.69) is 35.9 Å². The van der Waals surface area contributed by atoms with Crippen molar-refractivity contribution in [3.05, 3.63) is 29.1 Å². The number of likely N-dealkylation sites (tertiary alicyclic amines) is 1. The number of nitrogens with zero attached hydrogens (tertiary/aromatic N) is 6. The average Bonchev–Trinajstić information content (AvgIpc) is 3.14. The van der Waals surface area contributed by atoms with Gasteiger partial charge in [0.15, 0.2) is 22.5 Å². The molecule has 146 valence electrons. The summed E-state index contributed by atoms with van der Waals surface area (Å²) in [5, 5.41) is 1.40. The summed E-state index contributed by atoms with van der Waals surface area (Å²) in [5.41, 5.74) is 6.65. The van der Waals surface area contributed by atoms with Crippen molar-refractivity contribution >= 4 is 39.9 Å². The van der Waals surface area contributed by atoms with Crippen molar-refractivity contribution < 1.29 is 4.79 Å². The molecule has 1 aromatic heterocycles. The molecule has 0 atom stereocenters. The molecule has 1 aromatic rings. The normalized spacial score (nSPS) is 15.2. The van der Waals surface area contributed by atoms with Gasteiger partial charge in [-0.2, -0.15) is 0 Å². The van der Waals surface area contributed by atoms with Gasteiger partial charge in [-0.1, -0.05) is 0 Å².